The summed E-state index contributed by atoms with van der Waals surface area (Å²) in [4.78, 5) is 14.1. The molecular weight excluding hydrogens is 470 g/mol. The Morgan fingerprint density at radius 3 is 2.59 bits per heavy atom. The molecule has 0 spiro atoms. The van der Waals surface area contributed by atoms with Crippen LogP contribution in [0, 0.1) is 0 Å². The first-order valence-electron chi connectivity index (χ1n) is 10.3. The highest BCUT2D eigenvalue weighted by Crippen LogP contribution is 2.25. The number of nitrogens with zero attached hydrogens (tertiary/aromatic N) is 3. The molecule has 0 fully saturated rings. The van der Waals surface area contributed by atoms with Crippen LogP contribution in [0.15, 0.2) is 78.9 Å². The van der Waals surface area contributed by atoms with E-state index in [4.69, 9.17) is 28.6 Å². The van der Waals surface area contributed by atoms with Gasteiger partial charge in [-0.05, 0) is 60.1 Å². The summed E-state index contributed by atoms with van der Waals surface area (Å²) in [5, 5.41) is 17.6. The first-order valence-corrected chi connectivity index (χ1v) is 11.1. The zero-order valence-electron chi connectivity index (χ0n) is 17.9. The third-order valence-electron chi connectivity index (χ3n) is 5.26. The molecule has 0 aliphatic heterocycles. The van der Waals surface area contributed by atoms with Crippen LogP contribution in [0.5, 0.6) is 5.75 Å². The minimum absolute atomic E-state index is 0.151. The summed E-state index contributed by atoms with van der Waals surface area (Å²) >= 11 is 11.4. The predicted octanol–water partition coefficient (Wildman–Crippen LogP) is 5.36. The molecule has 168 valence electrons. The van der Waals surface area contributed by atoms with Crippen LogP contribution >= 0.6 is 23.8 Å². The van der Waals surface area contributed by atoms with Crippen LogP contribution in [-0.2, 0) is 0 Å². The topological polar surface area (TPSA) is 81.1 Å². The molecule has 9 heteroatoms. The second kappa shape index (κ2) is 9.09. The Hall–Kier alpha value is -4.01. The van der Waals surface area contributed by atoms with E-state index in [1.54, 1.807) is 16.9 Å². The van der Waals surface area contributed by atoms with E-state index in [1.807, 2.05) is 48.5 Å². The van der Waals surface area contributed by atoms with E-state index in [9.17, 15) is 4.79 Å². The molecule has 5 rings (SSSR count). The first-order chi connectivity index (χ1) is 16.5. The van der Waals surface area contributed by atoms with Crippen LogP contribution in [0.25, 0.3) is 27.5 Å². The molecule has 0 bridgehead atoms. The smallest absolute Gasteiger partial charge is 0.257 e. The average Bonchev–Trinajstić information content (AvgIpc) is 3.26. The van der Waals surface area contributed by atoms with Gasteiger partial charge in [0.1, 0.15) is 16.8 Å². The fraction of sp³-hybridized carbons (Fsp3) is 0.0400. The molecule has 0 saturated heterocycles. The van der Waals surface area contributed by atoms with Crippen LogP contribution in [-0.4, -0.2) is 33.1 Å². The maximum atomic E-state index is 12.5. The van der Waals surface area contributed by atoms with Crippen LogP contribution in [0.4, 0.5) is 5.69 Å². The number of rotatable bonds is 4. The average molecular weight is 488 g/mol. The van der Waals surface area contributed by atoms with Gasteiger partial charge in [-0.2, -0.15) is 0 Å². The molecule has 5 aromatic rings. The van der Waals surface area contributed by atoms with Gasteiger partial charge in [-0.1, -0.05) is 48.0 Å². The molecule has 1 heterocycles. The zero-order valence-corrected chi connectivity index (χ0v) is 19.5. The lowest BCUT2D eigenvalue weighted by molar-refractivity contribution is 0.0977. The lowest BCUT2D eigenvalue weighted by atomic mass is 10.1. The molecule has 0 aliphatic carbocycles. The number of hydrogen-bond donors (Lipinski definition) is 2. The van der Waals surface area contributed by atoms with Crippen LogP contribution in [0.2, 0.25) is 5.02 Å². The Morgan fingerprint density at radius 2 is 1.76 bits per heavy atom. The van der Waals surface area contributed by atoms with E-state index in [0.29, 0.717) is 27.5 Å². The molecule has 1 aromatic heterocycles. The fourth-order valence-corrected chi connectivity index (χ4v) is 4.10. The van der Waals surface area contributed by atoms with Crippen molar-refractivity contribution in [2.24, 2.45) is 0 Å². The monoisotopic (exact) mass is 487 g/mol. The van der Waals surface area contributed by atoms with Crippen molar-refractivity contribution in [3.8, 4) is 11.4 Å². The number of amides is 1. The van der Waals surface area contributed by atoms with Gasteiger partial charge in [0.05, 0.1) is 17.8 Å². The van der Waals surface area contributed by atoms with Gasteiger partial charge in [-0.25, -0.2) is 0 Å². The van der Waals surface area contributed by atoms with E-state index in [2.05, 4.69) is 33.0 Å². The highest BCUT2D eigenvalue weighted by atomic mass is 35.5. The number of anilines is 1. The lowest BCUT2D eigenvalue weighted by Gasteiger charge is -2.10. The first kappa shape index (κ1) is 21.8. The number of thiocarbonyl (C=S) groups is 1. The van der Waals surface area contributed by atoms with E-state index in [1.165, 1.54) is 13.2 Å². The van der Waals surface area contributed by atoms with Crippen molar-refractivity contribution < 1.29 is 9.53 Å². The molecule has 0 atom stereocenters. The van der Waals surface area contributed by atoms with Crippen molar-refractivity contribution in [2.75, 3.05) is 12.4 Å². The molecule has 2 N–H and O–H groups in total. The summed E-state index contributed by atoms with van der Waals surface area (Å²) < 4.78 is 5.11. The van der Waals surface area contributed by atoms with Crippen molar-refractivity contribution in [1.29, 1.82) is 0 Å². The molecule has 34 heavy (non-hydrogen) atoms. The van der Waals surface area contributed by atoms with Gasteiger partial charge >= 0.3 is 0 Å². The van der Waals surface area contributed by atoms with Crippen molar-refractivity contribution >= 4 is 62.3 Å². The maximum absolute atomic E-state index is 12.5. The third kappa shape index (κ3) is 4.28. The number of ether oxygens (including phenoxy) is 1. The third-order valence-corrected chi connectivity index (χ3v) is 5.76. The second-order valence-corrected chi connectivity index (χ2v) is 8.26. The molecule has 4 aromatic carbocycles. The summed E-state index contributed by atoms with van der Waals surface area (Å²) in [5.41, 5.74) is 3.36. The second-order valence-electron chi connectivity index (χ2n) is 7.45. The normalized spacial score (nSPS) is 10.9. The summed E-state index contributed by atoms with van der Waals surface area (Å²) in [5.74, 6) is 0.105. The summed E-state index contributed by atoms with van der Waals surface area (Å²) in [6.07, 6.45) is 0. The quantitative estimate of drug-likeness (QED) is 0.332. The number of halogens is 1. The Labute approximate surface area is 205 Å². The van der Waals surface area contributed by atoms with Gasteiger partial charge in [0.25, 0.3) is 5.91 Å². The Bertz CT molecular complexity index is 1560. The van der Waals surface area contributed by atoms with E-state index >= 15 is 0 Å². The highest BCUT2D eigenvalue weighted by molar-refractivity contribution is 7.80. The van der Waals surface area contributed by atoms with Crippen LogP contribution in [0.1, 0.15) is 10.4 Å². The van der Waals surface area contributed by atoms with Crippen molar-refractivity contribution in [1.82, 2.24) is 20.3 Å². The van der Waals surface area contributed by atoms with Crippen molar-refractivity contribution in [2.45, 2.75) is 0 Å². The number of fused-ring (bicyclic) bond motifs is 2. The number of aromatic nitrogens is 3. The molecule has 1 amide bonds. The van der Waals surface area contributed by atoms with Gasteiger partial charge in [-0.3, -0.25) is 10.1 Å². The van der Waals surface area contributed by atoms with Crippen LogP contribution < -0.4 is 15.4 Å². The summed E-state index contributed by atoms with van der Waals surface area (Å²) in [6.45, 7) is 0. The van der Waals surface area contributed by atoms with E-state index < -0.39 is 0 Å². The zero-order chi connectivity index (χ0) is 23.7. The number of nitrogens with one attached hydrogen (secondary N) is 2. The number of carbonyl (C=O) groups excluding carboxylic acids is 1. The van der Waals surface area contributed by atoms with Crippen molar-refractivity contribution in [3.05, 3.63) is 89.4 Å². The molecular formula is C25H18ClN5O2S. The van der Waals surface area contributed by atoms with Gasteiger partial charge in [0.15, 0.2) is 5.11 Å². The number of methoxy groups -OCH3 is 1. The van der Waals surface area contributed by atoms with Crippen LogP contribution in [0.3, 0.4) is 0 Å². The number of hydrogen-bond acceptors (Lipinski definition) is 5. The lowest BCUT2D eigenvalue weighted by Crippen LogP contribution is -2.34. The summed E-state index contributed by atoms with van der Waals surface area (Å²) in [7, 11) is 1.51. The molecule has 0 unspecified atom stereocenters. The molecule has 7 nitrogen and oxygen atoms in total. The van der Waals surface area contributed by atoms with E-state index in [0.717, 1.165) is 22.0 Å². The van der Waals surface area contributed by atoms with E-state index in [-0.39, 0.29) is 11.0 Å². The molecule has 0 aliphatic rings. The Morgan fingerprint density at radius 1 is 0.971 bits per heavy atom. The summed E-state index contributed by atoms with van der Waals surface area (Å²) in [6, 6.07) is 24.4. The standard InChI is InChI=1S/C25H18ClN5O2S/c1-33-23-12-9-16(13-19(23)26)24(32)28-25(34)27-17-10-11-20-21(14-17)30-31(29-20)22-8-4-6-15-5-2-3-7-18(15)22/h2-14H,1H3,(H2,27,28,32,34). The number of benzene rings is 4. The Kier molecular flexibility index (Phi) is 5.83. The van der Waals surface area contributed by atoms with Gasteiger partial charge in [0.2, 0.25) is 0 Å². The molecule has 0 radical (unpaired) electrons. The minimum Gasteiger partial charge on any atom is -0.495 e. The van der Waals surface area contributed by atoms with Gasteiger partial charge < -0.3 is 10.1 Å². The van der Waals surface area contributed by atoms with Gasteiger partial charge in [-0.15, -0.1) is 15.0 Å². The maximum Gasteiger partial charge on any atom is 0.257 e. The fourth-order valence-electron chi connectivity index (χ4n) is 3.63. The highest BCUT2D eigenvalue weighted by Gasteiger charge is 2.12. The number of carbonyl (C=O) groups is 1. The van der Waals surface area contributed by atoms with Crippen molar-refractivity contribution in [3.63, 3.8) is 0 Å². The molecule has 0 saturated carbocycles. The SMILES string of the molecule is COc1ccc(C(=O)NC(=S)Nc2ccc3nn(-c4cccc5ccccc45)nc3c2)cc1Cl. The minimum atomic E-state index is -0.384. The Balaban J connectivity index is 1.34. The van der Waals surface area contributed by atoms with Gasteiger partial charge in [0, 0.05) is 16.6 Å². The predicted molar refractivity (Wildman–Crippen MR) is 138 cm³/mol. The largest absolute Gasteiger partial charge is 0.495 e.